The van der Waals surface area contributed by atoms with E-state index in [1.54, 1.807) is 19.1 Å². The number of amides is 2. The number of carboxylic acids is 1. The monoisotopic (exact) mass is 631 g/mol. The van der Waals surface area contributed by atoms with Crippen LogP contribution >= 0.6 is 0 Å². The van der Waals surface area contributed by atoms with E-state index in [-0.39, 0.29) is 35.2 Å². The zero-order valence-corrected chi connectivity index (χ0v) is 24.2. The van der Waals surface area contributed by atoms with Crippen molar-refractivity contribution in [1.82, 2.24) is 10.0 Å². The Kier molecular flexibility index (Phi) is 12.9. The van der Waals surface area contributed by atoms with Crippen molar-refractivity contribution in [3.63, 3.8) is 0 Å². The van der Waals surface area contributed by atoms with Gasteiger partial charge in [0, 0.05) is 6.42 Å². The second-order valence-electron chi connectivity index (χ2n) is 8.51. The molecule has 14 heteroatoms. The molecular formula is C27H30AsN3O10. The van der Waals surface area contributed by atoms with E-state index in [1.807, 2.05) is 35.8 Å². The fraction of sp³-hybridized carbons (Fsp3) is 0.222. The van der Waals surface area contributed by atoms with Crippen molar-refractivity contribution in [1.29, 1.82) is 0 Å². The summed E-state index contributed by atoms with van der Waals surface area (Å²) in [6.45, 7) is 2.83. The number of nitrogens with zero attached hydrogens (tertiary/aromatic N) is 1. The first kappa shape index (κ1) is 32.9. The number of hydrogen-bond donors (Lipinski definition) is 4. The Labute approximate surface area is 238 Å². The summed E-state index contributed by atoms with van der Waals surface area (Å²) in [6.07, 6.45) is 1.39. The van der Waals surface area contributed by atoms with Gasteiger partial charge in [0.1, 0.15) is 6.29 Å². The molecule has 3 aromatic rings. The van der Waals surface area contributed by atoms with E-state index in [0.29, 0.717) is 24.1 Å². The van der Waals surface area contributed by atoms with Gasteiger partial charge in [-0.3, -0.25) is 4.79 Å². The maximum atomic E-state index is 13.2. The fourth-order valence-corrected chi connectivity index (χ4v) is 5.57. The van der Waals surface area contributed by atoms with Crippen LogP contribution in [0.1, 0.15) is 37.4 Å². The van der Waals surface area contributed by atoms with E-state index in [9.17, 15) is 27.7 Å². The number of carbonyl (C=O) groups is 4. The molecule has 1 aromatic heterocycles. The predicted octanol–water partition coefficient (Wildman–Crippen LogP) is 1.90. The number of rotatable bonds is 12. The maximum absolute atomic E-state index is 13.2. The molecule has 1 heterocycles. The van der Waals surface area contributed by atoms with Crippen LogP contribution in [0.4, 0.5) is 5.69 Å². The molecule has 0 radical (unpaired) electrons. The zero-order chi connectivity index (χ0) is 30.4. The third-order valence-corrected chi connectivity index (χ3v) is 8.39. The van der Waals surface area contributed by atoms with Crippen LogP contribution in [0, 0.1) is 6.92 Å². The molecule has 2 aromatic carbocycles. The van der Waals surface area contributed by atoms with Crippen molar-refractivity contribution < 1.29 is 41.0 Å². The zero-order valence-electron chi connectivity index (χ0n) is 22.3. The second-order valence-corrected chi connectivity index (χ2v) is 12.4. The topological polar surface area (TPSA) is 190 Å². The maximum Gasteiger partial charge on any atom is 0.303 e. The van der Waals surface area contributed by atoms with Crippen molar-refractivity contribution in [2.75, 3.05) is 5.32 Å². The average molecular weight is 631 g/mol. The van der Waals surface area contributed by atoms with Crippen LogP contribution in [-0.2, 0) is 37.0 Å². The third kappa shape index (κ3) is 10.3. The van der Waals surface area contributed by atoms with Gasteiger partial charge >= 0.3 is 186 Å². The van der Waals surface area contributed by atoms with Gasteiger partial charge in [-0.2, -0.15) is 0 Å². The summed E-state index contributed by atoms with van der Waals surface area (Å²) in [5.74, 6) is -1.88. The molecule has 0 aliphatic carbocycles. The van der Waals surface area contributed by atoms with E-state index < -0.39 is 31.6 Å². The number of nitrogens with one attached hydrogen (secondary N) is 2. The van der Waals surface area contributed by atoms with E-state index in [1.165, 1.54) is 28.8 Å². The minimum Gasteiger partial charge on any atom is -0.481 e. The SMILES string of the molecule is CC(=O)NO[As](=O)(OO)c1cccc(-n2c(C)ccc(NC(=O)CCc3ccccc3)c2=O)c1.O=CCCC(=O)O. The van der Waals surface area contributed by atoms with Gasteiger partial charge in [-0.25, -0.2) is 0 Å². The summed E-state index contributed by atoms with van der Waals surface area (Å²) < 4.78 is 23.0. The molecule has 0 fully saturated rings. The van der Waals surface area contributed by atoms with Crippen molar-refractivity contribution in [2.45, 2.75) is 39.5 Å². The summed E-state index contributed by atoms with van der Waals surface area (Å²) in [5.41, 5.74) is 3.32. The number of hydrogen-bond acceptors (Lipinski definition) is 9. The Morgan fingerprint density at radius 3 is 2.32 bits per heavy atom. The van der Waals surface area contributed by atoms with Crippen molar-refractivity contribution >= 4 is 48.3 Å². The first-order valence-electron chi connectivity index (χ1n) is 12.2. The van der Waals surface area contributed by atoms with Gasteiger partial charge in [0.25, 0.3) is 0 Å². The second kappa shape index (κ2) is 16.1. The number of aryl methyl sites for hydroxylation is 2. The first-order valence-corrected chi connectivity index (χ1v) is 15.5. The molecule has 0 spiro atoms. The van der Waals surface area contributed by atoms with E-state index in [0.717, 1.165) is 12.5 Å². The summed E-state index contributed by atoms with van der Waals surface area (Å²) >= 11 is -5.06. The van der Waals surface area contributed by atoms with Gasteiger partial charge in [-0.05, 0) is 0 Å². The number of pyridine rings is 1. The Morgan fingerprint density at radius 2 is 1.73 bits per heavy atom. The Balaban J connectivity index is 0.000000745. The molecular weight excluding hydrogens is 601 g/mol. The Morgan fingerprint density at radius 1 is 1.02 bits per heavy atom. The van der Waals surface area contributed by atoms with Crippen LogP contribution in [0.15, 0.2) is 71.5 Å². The molecule has 1 atom stereocenters. The number of hydroxylamine groups is 1. The summed E-state index contributed by atoms with van der Waals surface area (Å²) in [5, 5.41) is 19.7. The first-order chi connectivity index (χ1) is 19.5. The number of carbonyl (C=O) groups excluding carboxylic acids is 3. The minimum absolute atomic E-state index is 0.0459. The van der Waals surface area contributed by atoms with Crippen LogP contribution in [0.5, 0.6) is 0 Å². The molecule has 0 saturated carbocycles. The smallest absolute Gasteiger partial charge is 0.303 e. The standard InChI is InChI=1S/C23H24AsN3O7.C4H6O3/c1-16-11-13-21(25-22(29)14-12-18-7-4-3-5-8-18)23(30)27(16)20-10-6-9-19(15-20)24(31,34-32)33-26-17(2)28;5-3-1-2-4(6)7/h3-11,13,15,32H,12,14H2,1-2H3,(H,25,29)(H,26,28);3H,1-2H2,(H,6,7). The molecule has 1 unspecified atom stereocenters. The molecule has 4 N–H and O–H groups in total. The van der Waals surface area contributed by atoms with Gasteiger partial charge in [0.15, 0.2) is 0 Å². The quantitative estimate of drug-likeness (QED) is 0.0994. The number of aldehydes is 1. The molecule has 0 aliphatic rings. The summed E-state index contributed by atoms with van der Waals surface area (Å²) in [7, 11) is 0. The predicted molar refractivity (Wildman–Crippen MR) is 148 cm³/mol. The minimum atomic E-state index is -5.06. The van der Waals surface area contributed by atoms with Gasteiger partial charge in [-0.15, -0.1) is 0 Å². The molecule has 41 heavy (non-hydrogen) atoms. The molecule has 218 valence electrons. The van der Waals surface area contributed by atoms with Gasteiger partial charge in [0.05, 0.1) is 6.42 Å². The summed E-state index contributed by atoms with van der Waals surface area (Å²) in [6, 6.07) is 18.5. The Bertz CT molecular complexity index is 1470. The number of benzene rings is 2. The van der Waals surface area contributed by atoms with E-state index in [2.05, 4.69) is 9.19 Å². The van der Waals surface area contributed by atoms with Crippen LogP contribution in [0.25, 0.3) is 5.69 Å². The van der Waals surface area contributed by atoms with Crippen LogP contribution in [0.3, 0.4) is 0 Å². The fourth-order valence-electron chi connectivity index (χ4n) is 3.39. The van der Waals surface area contributed by atoms with E-state index in [4.69, 9.17) is 14.2 Å². The molecule has 0 aliphatic heterocycles. The third-order valence-electron chi connectivity index (χ3n) is 5.33. The number of anilines is 1. The van der Waals surface area contributed by atoms with Gasteiger partial charge in [0.2, 0.25) is 0 Å². The summed E-state index contributed by atoms with van der Waals surface area (Å²) in [4.78, 5) is 55.7. The average Bonchev–Trinajstić information content (AvgIpc) is 2.96. The normalized spacial score (nSPS) is 11.8. The van der Waals surface area contributed by atoms with E-state index >= 15 is 0 Å². The number of carboxylic acid groups (broad SMARTS) is 1. The molecule has 3 rings (SSSR count). The molecule has 2 amide bonds. The molecule has 0 saturated heterocycles. The Hall–Kier alpha value is -4.29. The van der Waals surface area contributed by atoms with Crippen molar-refractivity contribution in [2.24, 2.45) is 0 Å². The van der Waals surface area contributed by atoms with Gasteiger partial charge < -0.3 is 9.90 Å². The van der Waals surface area contributed by atoms with Gasteiger partial charge in [-0.1, -0.05) is 18.2 Å². The largest absolute Gasteiger partial charge is 0.481 e. The molecule has 13 nitrogen and oxygen atoms in total. The van der Waals surface area contributed by atoms with Crippen LogP contribution < -0.4 is 20.7 Å². The van der Waals surface area contributed by atoms with Crippen LogP contribution in [0.2, 0.25) is 0 Å². The van der Waals surface area contributed by atoms with Crippen LogP contribution in [-0.4, -0.2) is 53.2 Å². The number of aliphatic carboxylic acids is 1. The number of aromatic nitrogens is 1. The van der Waals surface area contributed by atoms with Crippen molar-refractivity contribution in [3.8, 4) is 5.69 Å². The van der Waals surface area contributed by atoms with Crippen molar-refractivity contribution in [3.05, 3.63) is 88.3 Å². The molecule has 0 bridgehead atoms.